The summed E-state index contributed by atoms with van der Waals surface area (Å²) in [6, 6.07) is 0.349. The van der Waals surface area contributed by atoms with E-state index < -0.39 is 0 Å². The van der Waals surface area contributed by atoms with Gasteiger partial charge in [-0.15, -0.1) is 11.1 Å². The molecular formula is C32H58N8O2S. The summed E-state index contributed by atoms with van der Waals surface area (Å²) in [6.45, 7) is 5.84. The molecule has 1 aliphatic carbocycles. The Hall–Kier alpha value is -2.11. The molecule has 2 atom stereocenters. The van der Waals surface area contributed by atoms with Gasteiger partial charge < -0.3 is 10.6 Å². The fourth-order valence-electron chi connectivity index (χ4n) is 6.54. The van der Waals surface area contributed by atoms with Gasteiger partial charge in [0.1, 0.15) is 21.5 Å². The van der Waals surface area contributed by atoms with Crippen molar-refractivity contribution in [3.05, 3.63) is 21.5 Å². The topological polar surface area (TPSA) is 113 Å². The highest BCUT2D eigenvalue weighted by Crippen LogP contribution is 2.45. The number of carbonyl (C=O) groups is 2. The third-order valence-corrected chi connectivity index (χ3v) is 10.3. The van der Waals surface area contributed by atoms with Crippen molar-refractivity contribution in [2.24, 2.45) is 0 Å². The summed E-state index contributed by atoms with van der Waals surface area (Å²) in [5.41, 5.74) is 14.0. The predicted octanol–water partition coefficient (Wildman–Crippen LogP) is 5.55. The molecule has 0 spiro atoms. The average molecular weight is 619 g/mol. The third kappa shape index (κ3) is 9.69. The number of hydrazine groups is 4. The molecule has 1 saturated heterocycles. The van der Waals surface area contributed by atoms with Crippen molar-refractivity contribution in [3.8, 4) is 0 Å². The lowest BCUT2D eigenvalue weighted by Crippen LogP contribution is -2.57. The van der Waals surface area contributed by atoms with Crippen LogP contribution in [-0.4, -0.2) is 47.0 Å². The summed E-state index contributed by atoms with van der Waals surface area (Å²) in [5, 5.41) is 12.2. The van der Waals surface area contributed by atoms with Crippen LogP contribution in [0.4, 0.5) is 0 Å². The Kier molecular flexibility index (Phi) is 14.6. The normalized spacial score (nSPS) is 21.2. The van der Waals surface area contributed by atoms with E-state index in [0.29, 0.717) is 24.5 Å². The summed E-state index contributed by atoms with van der Waals surface area (Å²) in [7, 11) is 0. The van der Waals surface area contributed by atoms with Crippen molar-refractivity contribution in [1.82, 2.24) is 42.6 Å². The van der Waals surface area contributed by atoms with Crippen LogP contribution < -0.4 is 32.6 Å². The second kappa shape index (κ2) is 18.6. The molecule has 0 aromatic rings. The number of thioether (sulfide) groups is 1. The number of amides is 2. The number of carbonyl (C=O) groups excluding carboxylic acids is 2. The minimum Gasteiger partial charge on any atom is -0.351 e. The molecule has 244 valence electrons. The molecule has 2 amide bonds. The Balaban J connectivity index is 1.33. The maximum absolute atomic E-state index is 13.3. The SMILES string of the molecule is CCCCCCCCCCNC(=O)C1=C2SC3=C(C(=O)NCCCCCCCCCC)NNN3C3CCCCC3N2NN1. The second-order valence-electron chi connectivity index (χ2n) is 12.6. The van der Waals surface area contributed by atoms with Gasteiger partial charge in [-0.1, -0.05) is 117 Å². The predicted molar refractivity (Wildman–Crippen MR) is 175 cm³/mol. The molecule has 2 unspecified atom stereocenters. The van der Waals surface area contributed by atoms with Crippen LogP contribution in [0.1, 0.15) is 142 Å². The van der Waals surface area contributed by atoms with Gasteiger partial charge >= 0.3 is 0 Å². The van der Waals surface area contributed by atoms with E-state index in [4.69, 9.17) is 0 Å². The lowest BCUT2D eigenvalue weighted by atomic mass is 9.89. The van der Waals surface area contributed by atoms with Crippen LogP contribution in [0.25, 0.3) is 0 Å². The molecule has 0 aromatic heterocycles. The van der Waals surface area contributed by atoms with Gasteiger partial charge in [-0.2, -0.15) is 0 Å². The Labute approximate surface area is 264 Å². The van der Waals surface area contributed by atoms with Gasteiger partial charge in [-0.3, -0.25) is 30.5 Å². The van der Waals surface area contributed by atoms with Crippen LogP contribution in [-0.2, 0) is 9.59 Å². The number of rotatable bonds is 20. The van der Waals surface area contributed by atoms with E-state index >= 15 is 0 Å². The van der Waals surface area contributed by atoms with Crippen molar-refractivity contribution < 1.29 is 9.59 Å². The van der Waals surface area contributed by atoms with E-state index in [0.717, 1.165) is 61.4 Å². The highest BCUT2D eigenvalue weighted by atomic mass is 32.2. The molecule has 43 heavy (non-hydrogen) atoms. The van der Waals surface area contributed by atoms with Crippen molar-refractivity contribution >= 4 is 23.6 Å². The lowest BCUT2D eigenvalue weighted by Gasteiger charge is -2.40. The minimum atomic E-state index is -0.0959. The number of nitrogens with one attached hydrogen (secondary N) is 6. The molecule has 4 aliphatic rings. The molecular weight excluding hydrogens is 560 g/mol. The number of fused-ring (bicyclic) bond motifs is 5. The molecule has 3 heterocycles. The lowest BCUT2D eigenvalue weighted by molar-refractivity contribution is -0.118. The third-order valence-electron chi connectivity index (χ3n) is 9.10. The van der Waals surface area contributed by atoms with E-state index in [1.54, 1.807) is 0 Å². The van der Waals surface area contributed by atoms with E-state index in [1.165, 1.54) is 88.8 Å². The molecule has 6 N–H and O–H groups in total. The maximum Gasteiger partial charge on any atom is 0.271 e. The molecule has 3 aliphatic heterocycles. The monoisotopic (exact) mass is 618 g/mol. The summed E-state index contributed by atoms with van der Waals surface area (Å²) >= 11 is 1.49. The fourth-order valence-corrected chi connectivity index (χ4v) is 7.77. The second-order valence-corrected chi connectivity index (χ2v) is 13.5. The zero-order chi connectivity index (χ0) is 30.3. The number of nitrogens with zero attached hydrogens (tertiary/aromatic N) is 2. The Bertz CT molecular complexity index is 884. The smallest absolute Gasteiger partial charge is 0.271 e. The maximum atomic E-state index is 13.3. The summed E-state index contributed by atoms with van der Waals surface area (Å²) in [4.78, 5) is 26.7. The van der Waals surface area contributed by atoms with Crippen LogP contribution in [0.2, 0.25) is 0 Å². The van der Waals surface area contributed by atoms with Crippen LogP contribution in [0.5, 0.6) is 0 Å². The zero-order valence-electron chi connectivity index (χ0n) is 26.8. The molecule has 2 fully saturated rings. The fraction of sp³-hybridized carbons (Fsp3) is 0.812. The molecule has 0 radical (unpaired) electrons. The average Bonchev–Trinajstić information content (AvgIpc) is 3.61. The Morgan fingerprint density at radius 1 is 0.628 bits per heavy atom. The first-order valence-electron chi connectivity index (χ1n) is 17.5. The first-order chi connectivity index (χ1) is 21.2. The largest absolute Gasteiger partial charge is 0.351 e. The van der Waals surface area contributed by atoms with Crippen LogP contribution in [0.15, 0.2) is 21.5 Å². The van der Waals surface area contributed by atoms with Crippen molar-refractivity contribution in [1.29, 1.82) is 0 Å². The Morgan fingerprint density at radius 2 is 1.00 bits per heavy atom. The highest BCUT2D eigenvalue weighted by Gasteiger charge is 2.47. The molecule has 10 nitrogen and oxygen atoms in total. The number of hydrogen-bond donors (Lipinski definition) is 6. The van der Waals surface area contributed by atoms with Crippen LogP contribution in [0, 0.1) is 0 Å². The van der Waals surface area contributed by atoms with Crippen molar-refractivity contribution in [2.75, 3.05) is 13.1 Å². The molecule has 0 bridgehead atoms. The van der Waals surface area contributed by atoms with Gasteiger partial charge in [0.15, 0.2) is 0 Å². The van der Waals surface area contributed by atoms with Gasteiger partial charge in [-0.25, -0.2) is 0 Å². The highest BCUT2D eigenvalue weighted by molar-refractivity contribution is 8.06. The van der Waals surface area contributed by atoms with Gasteiger partial charge in [-0.05, 0) is 37.4 Å². The number of unbranched alkanes of at least 4 members (excludes halogenated alkanes) is 14. The number of hydrogen-bond acceptors (Lipinski definition) is 9. The van der Waals surface area contributed by atoms with Gasteiger partial charge in [0, 0.05) is 13.1 Å². The first-order valence-corrected chi connectivity index (χ1v) is 18.3. The van der Waals surface area contributed by atoms with Crippen LogP contribution in [0.3, 0.4) is 0 Å². The summed E-state index contributed by atoms with van der Waals surface area (Å²) in [6.07, 6.45) is 24.1. The van der Waals surface area contributed by atoms with Crippen molar-refractivity contribution in [3.63, 3.8) is 0 Å². The molecule has 11 heteroatoms. The molecule has 0 aromatic carbocycles. The van der Waals surface area contributed by atoms with E-state index in [1.807, 2.05) is 0 Å². The Morgan fingerprint density at radius 3 is 1.40 bits per heavy atom. The van der Waals surface area contributed by atoms with Gasteiger partial charge in [0.25, 0.3) is 11.8 Å². The quantitative estimate of drug-likeness (QED) is 0.0979. The summed E-state index contributed by atoms with van der Waals surface area (Å²) in [5.74, 6) is -0.192. The van der Waals surface area contributed by atoms with Gasteiger partial charge in [0.2, 0.25) is 0 Å². The zero-order valence-corrected chi connectivity index (χ0v) is 27.6. The van der Waals surface area contributed by atoms with Crippen LogP contribution >= 0.6 is 11.8 Å². The molecule has 4 rings (SSSR count). The van der Waals surface area contributed by atoms with E-state index in [-0.39, 0.29) is 23.9 Å². The van der Waals surface area contributed by atoms with Crippen molar-refractivity contribution in [2.45, 2.75) is 154 Å². The first kappa shape index (κ1) is 33.8. The van der Waals surface area contributed by atoms with E-state index in [9.17, 15) is 9.59 Å². The molecule has 1 saturated carbocycles. The minimum absolute atomic E-state index is 0.0959. The van der Waals surface area contributed by atoms with E-state index in [2.05, 4.69) is 56.4 Å². The van der Waals surface area contributed by atoms with Gasteiger partial charge in [0.05, 0.1) is 12.1 Å². The standard InChI is InChI=1S/C32H58N8O2S/c1-3-5-7-9-11-13-15-19-23-33-29(41)27-31-39(37-35-27)25-21-17-18-22-26(25)40-32(43-31)28(36-38-40)30(42)34-24-20-16-14-12-10-8-6-4-2/h25-26,35-38H,3-24H2,1-2H3,(H,33,41)(H,34,42). The summed E-state index contributed by atoms with van der Waals surface area (Å²) < 4.78 is 0.